The molecule has 1 amide bonds. The molecule has 0 aromatic heterocycles. The van der Waals surface area contributed by atoms with Crippen molar-refractivity contribution in [1.29, 1.82) is 0 Å². The molecule has 1 saturated carbocycles. The number of carbonyl (C=O) groups excluding carboxylic acids is 1. The fourth-order valence-corrected chi connectivity index (χ4v) is 3.61. The standard InChI is InChI=1S/C16H30N2O2/c1-12-10-18(11-16(2,3)20-12)15(19)9-6-13-4-7-14(17)8-5-13/h12-14H,4-11,17H2,1-3H3. The van der Waals surface area contributed by atoms with Crippen LogP contribution in [0.25, 0.3) is 0 Å². The monoisotopic (exact) mass is 282 g/mol. The maximum Gasteiger partial charge on any atom is 0.222 e. The number of morpholine rings is 1. The topological polar surface area (TPSA) is 55.6 Å². The molecule has 1 atom stereocenters. The largest absolute Gasteiger partial charge is 0.369 e. The third kappa shape index (κ3) is 4.45. The lowest BCUT2D eigenvalue weighted by atomic mass is 9.83. The van der Waals surface area contributed by atoms with Gasteiger partial charge in [-0.25, -0.2) is 0 Å². The number of carbonyl (C=O) groups is 1. The van der Waals surface area contributed by atoms with Crippen LogP contribution in [0.2, 0.25) is 0 Å². The molecular formula is C16H30N2O2. The van der Waals surface area contributed by atoms with Gasteiger partial charge < -0.3 is 15.4 Å². The maximum atomic E-state index is 12.4. The minimum atomic E-state index is -0.217. The van der Waals surface area contributed by atoms with Gasteiger partial charge >= 0.3 is 0 Å². The summed E-state index contributed by atoms with van der Waals surface area (Å²) < 4.78 is 5.85. The van der Waals surface area contributed by atoms with Crippen LogP contribution in [0.1, 0.15) is 59.3 Å². The minimum Gasteiger partial charge on any atom is -0.369 e. The predicted octanol–water partition coefficient (Wildman–Crippen LogP) is 2.31. The second-order valence-corrected chi connectivity index (χ2v) is 7.28. The molecule has 116 valence electrons. The van der Waals surface area contributed by atoms with E-state index in [4.69, 9.17) is 10.5 Å². The fraction of sp³-hybridized carbons (Fsp3) is 0.938. The van der Waals surface area contributed by atoms with E-state index >= 15 is 0 Å². The molecule has 0 spiro atoms. The van der Waals surface area contributed by atoms with Crippen molar-refractivity contribution in [3.05, 3.63) is 0 Å². The molecular weight excluding hydrogens is 252 g/mol. The molecule has 0 aromatic carbocycles. The molecule has 2 fully saturated rings. The van der Waals surface area contributed by atoms with Crippen molar-refractivity contribution in [2.75, 3.05) is 13.1 Å². The molecule has 1 aliphatic heterocycles. The molecule has 2 aliphatic rings. The molecule has 4 nitrogen and oxygen atoms in total. The van der Waals surface area contributed by atoms with Gasteiger partial charge in [0.15, 0.2) is 0 Å². The summed E-state index contributed by atoms with van der Waals surface area (Å²) in [6, 6.07) is 0.392. The summed E-state index contributed by atoms with van der Waals surface area (Å²) in [5.74, 6) is 0.994. The molecule has 1 aliphatic carbocycles. The zero-order chi connectivity index (χ0) is 14.8. The number of hydrogen-bond donors (Lipinski definition) is 1. The number of nitrogens with two attached hydrogens (primary N) is 1. The predicted molar refractivity (Wildman–Crippen MR) is 80.4 cm³/mol. The second-order valence-electron chi connectivity index (χ2n) is 7.28. The van der Waals surface area contributed by atoms with Gasteiger partial charge in [-0.3, -0.25) is 4.79 Å². The van der Waals surface area contributed by atoms with E-state index in [2.05, 4.69) is 13.8 Å². The van der Waals surface area contributed by atoms with Crippen molar-refractivity contribution in [2.24, 2.45) is 11.7 Å². The van der Waals surface area contributed by atoms with Crippen molar-refractivity contribution in [3.63, 3.8) is 0 Å². The molecule has 0 aromatic rings. The third-order valence-electron chi connectivity index (χ3n) is 4.58. The summed E-state index contributed by atoms with van der Waals surface area (Å²) in [5.41, 5.74) is 5.71. The summed E-state index contributed by atoms with van der Waals surface area (Å²) >= 11 is 0. The van der Waals surface area contributed by atoms with E-state index in [1.165, 1.54) is 12.8 Å². The van der Waals surface area contributed by atoms with Crippen molar-refractivity contribution in [3.8, 4) is 0 Å². The van der Waals surface area contributed by atoms with E-state index in [-0.39, 0.29) is 11.7 Å². The van der Waals surface area contributed by atoms with E-state index in [0.29, 0.717) is 30.8 Å². The van der Waals surface area contributed by atoms with Crippen LogP contribution in [0.15, 0.2) is 0 Å². The van der Waals surface area contributed by atoms with Crippen LogP contribution in [0.3, 0.4) is 0 Å². The summed E-state index contributed by atoms with van der Waals surface area (Å²) in [7, 11) is 0. The van der Waals surface area contributed by atoms with Crippen LogP contribution < -0.4 is 5.73 Å². The summed E-state index contributed by atoms with van der Waals surface area (Å²) in [6.45, 7) is 7.62. The Labute approximate surface area is 123 Å². The first-order valence-corrected chi connectivity index (χ1v) is 8.07. The van der Waals surface area contributed by atoms with Gasteiger partial charge in [0.25, 0.3) is 0 Å². The Hall–Kier alpha value is -0.610. The van der Waals surface area contributed by atoms with Crippen molar-refractivity contribution in [1.82, 2.24) is 4.90 Å². The Morgan fingerprint density at radius 3 is 2.55 bits per heavy atom. The van der Waals surface area contributed by atoms with E-state index < -0.39 is 0 Å². The Morgan fingerprint density at radius 1 is 1.30 bits per heavy atom. The van der Waals surface area contributed by atoms with Crippen LogP contribution in [0.5, 0.6) is 0 Å². The van der Waals surface area contributed by atoms with Gasteiger partial charge in [-0.15, -0.1) is 0 Å². The molecule has 20 heavy (non-hydrogen) atoms. The van der Waals surface area contributed by atoms with Crippen LogP contribution in [0, 0.1) is 5.92 Å². The molecule has 0 bridgehead atoms. The minimum absolute atomic E-state index is 0.135. The quantitative estimate of drug-likeness (QED) is 0.864. The van der Waals surface area contributed by atoms with E-state index in [9.17, 15) is 4.79 Å². The van der Waals surface area contributed by atoms with E-state index in [0.717, 1.165) is 25.8 Å². The van der Waals surface area contributed by atoms with Gasteiger partial charge in [0.2, 0.25) is 5.91 Å². The Kier molecular flexibility index (Phi) is 5.08. The van der Waals surface area contributed by atoms with Crippen LogP contribution >= 0.6 is 0 Å². The van der Waals surface area contributed by atoms with Crippen molar-refractivity contribution in [2.45, 2.75) is 77.0 Å². The highest BCUT2D eigenvalue weighted by atomic mass is 16.5. The van der Waals surface area contributed by atoms with Gasteiger partial charge in [0, 0.05) is 25.6 Å². The van der Waals surface area contributed by atoms with Gasteiger partial charge in [0.1, 0.15) is 0 Å². The van der Waals surface area contributed by atoms with Gasteiger partial charge in [-0.05, 0) is 58.8 Å². The number of ether oxygens (including phenoxy) is 1. The van der Waals surface area contributed by atoms with Crippen LogP contribution in [0.4, 0.5) is 0 Å². The number of nitrogens with zero attached hydrogens (tertiary/aromatic N) is 1. The molecule has 4 heteroatoms. The summed E-state index contributed by atoms with van der Waals surface area (Å²) in [6.07, 6.45) is 6.48. The van der Waals surface area contributed by atoms with E-state index in [1.54, 1.807) is 0 Å². The molecule has 1 heterocycles. The Balaban J connectivity index is 1.77. The average Bonchev–Trinajstić information content (AvgIpc) is 2.35. The van der Waals surface area contributed by atoms with Crippen LogP contribution in [-0.4, -0.2) is 41.6 Å². The lowest BCUT2D eigenvalue weighted by Crippen LogP contribution is -2.53. The first kappa shape index (κ1) is 15.8. The fourth-order valence-electron chi connectivity index (χ4n) is 3.61. The Morgan fingerprint density at radius 2 is 1.95 bits per heavy atom. The van der Waals surface area contributed by atoms with Crippen molar-refractivity contribution < 1.29 is 9.53 Å². The van der Waals surface area contributed by atoms with Crippen LogP contribution in [-0.2, 0) is 9.53 Å². The zero-order valence-electron chi connectivity index (χ0n) is 13.2. The molecule has 2 N–H and O–H groups in total. The number of amides is 1. The summed E-state index contributed by atoms with van der Waals surface area (Å²) in [5, 5.41) is 0. The molecule has 2 rings (SSSR count). The second kappa shape index (κ2) is 6.44. The molecule has 0 radical (unpaired) electrons. The molecule has 1 saturated heterocycles. The highest BCUT2D eigenvalue weighted by Gasteiger charge is 2.33. The summed E-state index contributed by atoms with van der Waals surface area (Å²) in [4.78, 5) is 14.4. The highest BCUT2D eigenvalue weighted by molar-refractivity contribution is 5.76. The smallest absolute Gasteiger partial charge is 0.222 e. The molecule has 1 unspecified atom stereocenters. The van der Waals surface area contributed by atoms with Gasteiger partial charge in [-0.1, -0.05) is 0 Å². The first-order chi connectivity index (χ1) is 9.35. The average molecular weight is 282 g/mol. The number of hydrogen-bond acceptors (Lipinski definition) is 3. The zero-order valence-corrected chi connectivity index (χ0v) is 13.2. The highest BCUT2D eigenvalue weighted by Crippen LogP contribution is 2.28. The van der Waals surface area contributed by atoms with Gasteiger partial charge in [-0.2, -0.15) is 0 Å². The normalized spacial score (nSPS) is 34.0. The lowest BCUT2D eigenvalue weighted by Gasteiger charge is -2.42. The third-order valence-corrected chi connectivity index (χ3v) is 4.58. The maximum absolute atomic E-state index is 12.4. The van der Waals surface area contributed by atoms with Crippen molar-refractivity contribution >= 4 is 5.91 Å². The number of rotatable bonds is 3. The lowest BCUT2D eigenvalue weighted by molar-refractivity contribution is -0.158. The first-order valence-electron chi connectivity index (χ1n) is 8.07. The SMILES string of the molecule is CC1CN(C(=O)CCC2CCC(N)CC2)CC(C)(C)O1. The van der Waals surface area contributed by atoms with E-state index in [1.807, 2.05) is 11.8 Å². The van der Waals surface area contributed by atoms with Gasteiger partial charge in [0.05, 0.1) is 11.7 Å². The Bertz CT molecular complexity index is 335.